The molecule has 0 aliphatic rings. The van der Waals surface area contributed by atoms with Crippen molar-refractivity contribution >= 4 is 17.9 Å². The lowest BCUT2D eigenvalue weighted by atomic mass is 10.0. The Bertz CT molecular complexity index is 1190. The normalized spacial score (nSPS) is 12.3. The molecule has 0 fully saturated rings. The van der Waals surface area contributed by atoms with Crippen LogP contribution in [-0.4, -0.2) is 37.2 Å². The standard InChI is InChI=1S/C62H112O6/c1-4-7-10-13-16-19-21-23-24-25-26-27-28-29-30-31-32-33-34-35-36-37-38-40-41-43-46-49-52-55-61(64)67-58-59(57-66-60(63)54-51-48-45-18-15-12-9-6-3)68-62(65)56-53-50-47-44-42-39-22-20-17-14-11-8-5-2/h7,10,16,19,23-24,26-27,59H,4-6,8-9,11-15,17-18,20-22,25,28-58H2,1-3H3/b10-7-,19-16-,24-23-,27-26-. The first-order chi connectivity index (χ1) is 33.5. The molecule has 396 valence electrons. The maximum atomic E-state index is 12.8. The predicted octanol–water partition coefficient (Wildman–Crippen LogP) is 19.8. The summed E-state index contributed by atoms with van der Waals surface area (Å²) in [4.78, 5) is 38.0. The van der Waals surface area contributed by atoms with E-state index in [0.29, 0.717) is 19.3 Å². The second kappa shape index (κ2) is 57.0. The minimum atomic E-state index is -0.765. The molecule has 0 amide bonds. The number of rotatable bonds is 54. The van der Waals surface area contributed by atoms with Crippen LogP contribution in [0.3, 0.4) is 0 Å². The van der Waals surface area contributed by atoms with E-state index in [4.69, 9.17) is 14.2 Å². The van der Waals surface area contributed by atoms with Crippen molar-refractivity contribution in [3.63, 3.8) is 0 Å². The van der Waals surface area contributed by atoms with Crippen molar-refractivity contribution in [1.82, 2.24) is 0 Å². The highest BCUT2D eigenvalue weighted by Gasteiger charge is 2.19. The third-order valence-electron chi connectivity index (χ3n) is 13.1. The second-order valence-electron chi connectivity index (χ2n) is 19.9. The predicted molar refractivity (Wildman–Crippen MR) is 293 cm³/mol. The van der Waals surface area contributed by atoms with Crippen LogP contribution in [-0.2, 0) is 28.6 Å². The fourth-order valence-electron chi connectivity index (χ4n) is 8.67. The SMILES string of the molecule is CC/C=C\C/C=C\C/C=C\C/C=C\CCCCCCCCCCCCCCCCCCC(=O)OCC(COC(=O)CCCCCCCCCC)OC(=O)CCCCCCCCCCCCCCC. The van der Waals surface area contributed by atoms with Crippen molar-refractivity contribution in [2.24, 2.45) is 0 Å². The summed E-state index contributed by atoms with van der Waals surface area (Å²) < 4.78 is 16.8. The van der Waals surface area contributed by atoms with Gasteiger partial charge in [-0.05, 0) is 57.8 Å². The summed E-state index contributed by atoms with van der Waals surface area (Å²) in [5, 5.41) is 0. The third-order valence-corrected chi connectivity index (χ3v) is 13.1. The minimum Gasteiger partial charge on any atom is -0.462 e. The van der Waals surface area contributed by atoms with Crippen molar-refractivity contribution in [3.05, 3.63) is 48.6 Å². The molecule has 6 heteroatoms. The maximum absolute atomic E-state index is 12.8. The van der Waals surface area contributed by atoms with Crippen molar-refractivity contribution in [2.75, 3.05) is 13.2 Å². The summed E-state index contributed by atoms with van der Waals surface area (Å²) in [6.07, 6.45) is 69.9. The molecule has 0 saturated carbocycles. The quantitative estimate of drug-likeness (QED) is 0.0262. The van der Waals surface area contributed by atoms with Crippen LogP contribution in [0.25, 0.3) is 0 Å². The van der Waals surface area contributed by atoms with Crippen LogP contribution in [0.15, 0.2) is 48.6 Å². The number of allylic oxidation sites excluding steroid dienone is 8. The zero-order chi connectivity index (χ0) is 49.3. The summed E-state index contributed by atoms with van der Waals surface area (Å²) in [6, 6.07) is 0. The van der Waals surface area contributed by atoms with Gasteiger partial charge >= 0.3 is 17.9 Å². The number of ether oxygens (including phenoxy) is 3. The van der Waals surface area contributed by atoms with E-state index in [-0.39, 0.29) is 31.1 Å². The molecule has 1 atom stereocenters. The molecule has 0 bridgehead atoms. The van der Waals surface area contributed by atoms with Gasteiger partial charge in [0, 0.05) is 19.3 Å². The lowest BCUT2D eigenvalue weighted by Gasteiger charge is -2.18. The van der Waals surface area contributed by atoms with Gasteiger partial charge in [0.25, 0.3) is 0 Å². The van der Waals surface area contributed by atoms with E-state index in [1.165, 1.54) is 186 Å². The Hall–Kier alpha value is -2.63. The van der Waals surface area contributed by atoms with Crippen molar-refractivity contribution < 1.29 is 28.6 Å². The number of hydrogen-bond acceptors (Lipinski definition) is 6. The van der Waals surface area contributed by atoms with Gasteiger partial charge in [-0.2, -0.15) is 0 Å². The van der Waals surface area contributed by atoms with Gasteiger partial charge in [0.15, 0.2) is 6.10 Å². The highest BCUT2D eigenvalue weighted by molar-refractivity contribution is 5.71. The Labute approximate surface area is 422 Å². The molecule has 68 heavy (non-hydrogen) atoms. The average Bonchev–Trinajstić information content (AvgIpc) is 3.34. The Kier molecular flexibility index (Phi) is 54.8. The van der Waals surface area contributed by atoms with Crippen LogP contribution < -0.4 is 0 Å². The lowest BCUT2D eigenvalue weighted by molar-refractivity contribution is -0.167. The molecule has 0 aromatic rings. The van der Waals surface area contributed by atoms with Crippen LogP contribution in [0.2, 0.25) is 0 Å². The van der Waals surface area contributed by atoms with E-state index in [1.54, 1.807) is 0 Å². The highest BCUT2D eigenvalue weighted by Crippen LogP contribution is 2.17. The van der Waals surface area contributed by atoms with Gasteiger partial charge in [0.2, 0.25) is 0 Å². The fraction of sp³-hybridized carbons (Fsp3) is 0.823. The van der Waals surface area contributed by atoms with E-state index < -0.39 is 6.10 Å². The summed E-state index contributed by atoms with van der Waals surface area (Å²) in [5.41, 5.74) is 0. The first kappa shape index (κ1) is 65.4. The lowest BCUT2D eigenvalue weighted by Crippen LogP contribution is -2.30. The Morgan fingerprint density at radius 2 is 0.574 bits per heavy atom. The Morgan fingerprint density at radius 1 is 0.309 bits per heavy atom. The number of hydrogen-bond donors (Lipinski definition) is 0. The van der Waals surface area contributed by atoms with E-state index in [0.717, 1.165) is 83.5 Å². The molecule has 0 N–H and O–H groups in total. The molecular formula is C62H112O6. The van der Waals surface area contributed by atoms with Gasteiger partial charge in [0.1, 0.15) is 13.2 Å². The monoisotopic (exact) mass is 953 g/mol. The first-order valence-electron chi connectivity index (χ1n) is 29.6. The zero-order valence-electron chi connectivity index (χ0n) is 45.4. The summed E-state index contributed by atoms with van der Waals surface area (Å²) >= 11 is 0. The van der Waals surface area contributed by atoms with E-state index in [2.05, 4.69) is 69.4 Å². The molecule has 0 aliphatic carbocycles. The van der Waals surface area contributed by atoms with E-state index in [1.807, 2.05) is 0 Å². The third kappa shape index (κ3) is 54.3. The number of carbonyl (C=O) groups is 3. The Balaban J connectivity index is 4.05. The van der Waals surface area contributed by atoms with Gasteiger partial charge in [-0.3, -0.25) is 14.4 Å². The molecule has 0 aliphatic heterocycles. The zero-order valence-corrected chi connectivity index (χ0v) is 45.4. The topological polar surface area (TPSA) is 78.9 Å². The van der Waals surface area contributed by atoms with E-state index >= 15 is 0 Å². The van der Waals surface area contributed by atoms with Crippen LogP contribution in [0.1, 0.15) is 310 Å². The van der Waals surface area contributed by atoms with Crippen molar-refractivity contribution in [1.29, 1.82) is 0 Å². The second-order valence-corrected chi connectivity index (χ2v) is 19.9. The number of carbonyl (C=O) groups excluding carboxylic acids is 3. The van der Waals surface area contributed by atoms with Gasteiger partial charge in [0.05, 0.1) is 0 Å². The average molecular weight is 954 g/mol. The molecule has 0 radical (unpaired) electrons. The maximum Gasteiger partial charge on any atom is 0.306 e. The molecule has 0 heterocycles. The summed E-state index contributed by atoms with van der Waals surface area (Å²) in [5.74, 6) is -0.856. The van der Waals surface area contributed by atoms with Gasteiger partial charge in [-0.25, -0.2) is 0 Å². The molecule has 0 saturated heterocycles. The molecule has 1 unspecified atom stereocenters. The van der Waals surface area contributed by atoms with Crippen molar-refractivity contribution in [3.8, 4) is 0 Å². The molecule has 6 nitrogen and oxygen atoms in total. The molecular weight excluding hydrogens is 841 g/mol. The first-order valence-corrected chi connectivity index (χ1v) is 29.6. The smallest absolute Gasteiger partial charge is 0.306 e. The molecule has 0 aromatic carbocycles. The fourth-order valence-corrected chi connectivity index (χ4v) is 8.67. The van der Waals surface area contributed by atoms with Gasteiger partial charge < -0.3 is 14.2 Å². The van der Waals surface area contributed by atoms with Crippen LogP contribution in [0.4, 0.5) is 0 Å². The number of unbranched alkanes of at least 4 members (excludes halogenated alkanes) is 35. The molecule has 0 aromatic heterocycles. The van der Waals surface area contributed by atoms with Crippen LogP contribution in [0.5, 0.6) is 0 Å². The number of esters is 3. The minimum absolute atomic E-state index is 0.0674. The summed E-state index contributed by atoms with van der Waals surface area (Å²) in [6.45, 7) is 6.53. The largest absolute Gasteiger partial charge is 0.462 e. The summed E-state index contributed by atoms with van der Waals surface area (Å²) in [7, 11) is 0. The van der Waals surface area contributed by atoms with Gasteiger partial charge in [-0.1, -0.05) is 281 Å². The van der Waals surface area contributed by atoms with E-state index in [9.17, 15) is 14.4 Å². The van der Waals surface area contributed by atoms with Crippen LogP contribution >= 0.6 is 0 Å². The van der Waals surface area contributed by atoms with Crippen molar-refractivity contribution in [2.45, 2.75) is 316 Å². The van der Waals surface area contributed by atoms with Gasteiger partial charge in [-0.15, -0.1) is 0 Å². The highest BCUT2D eigenvalue weighted by atomic mass is 16.6. The molecule has 0 spiro atoms. The Morgan fingerprint density at radius 3 is 0.897 bits per heavy atom. The van der Waals surface area contributed by atoms with Crippen LogP contribution in [0, 0.1) is 0 Å². The molecule has 0 rings (SSSR count).